The minimum atomic E-state index is -0.349. The minimum Gasteiger partial charge on any atom is -0.497 e. The Morgan fingerprint density at radius 2 is 1.80 bits per heavy atom. The molecule has 0 saturated carbocycles. The van der Waals surface area contributed by atoms with E-state index in [0.29, 0.717) is 54.1 Å². The fraction of sp³-hybridized carbons (Fsp3) is 0.250. The van der Waals surface area contributed by atoms with E-state index in [1.54, 1.807) is 12.0 Å². The van der Waals surface area contributed by atoms with Gasteiger partial charge in [-0.05, 0) is 48.5 Å². The van der Waals surface area contributed by atoms with Crippen LogP contribution in [-0.2, 0) is 6.54 Å². The third kappa shape index (κ3) is 5.15. The van der Waals surface area contributed by atoms with Gasteiger partial charge in [0, 0.05) is 50.0 Å². The van der Waals surface area contributed by atoms with E-state index in [-0.39, 0.29) is 17.4 Å². The van der Waals surface area contributed by atoms with Crippen LogP contribution >= 0.6 is 11.3 Å². The van der Waals surface area contributed by atoms with Crippen LogP contribution in [0.15, 0.2) is 59.4 Å². The lowest BCUT2D eigenvalue weighted by Gasteiger charge is -2.34. The molecular formula is C24H23FN6O3S. The van der Waals surface area contributed by atoms with Crippen molar-refractivity contribution in [3.05, 3.63) is 76.5 Å². The minimum absolute atomic E-state index is 0.218. The normalized spacial score (nSPS) is 14.3. The van der Waals surface area contributed by atoms with Crippen molar-refractivity contribution in [1.29, 1.82) is 0 Å². The van der Waals surface area contributed by atoms with Crippen molar-refractivity contribution >= 4 is 28.0 Å². The zero-order valence-corrected chi connectivity index (χ0v) is 19.8. The van der Waals surface area contributed by atoms with Gasteiger partial charge in [-0.1, -0.05) is 11.3 Å². The van der Waals surface area contributed by atoms with Crippen molar-refractivity contribution in [1.82, 2.24) is 24.4 Å². The summed E-state index contributed by atoms with van der Waals surface area (Å²) in [5, 5.41) is 7.92. The molecule has 1 aliphatic rings. The van der Waals surface area contributed by atoms with Gasteiger partial charge in [-0.25, -0.2) is 14.2 Å². The van der Waals surface area contributed by atoms with Crippen LogP contribution in [0.1, 0.15) is 5.69 Å². The van der Waals surface area contributed by atoms with E-state index in [2.05, 4.69) is 20.3 Å². The number of hydrogen-bond acceptors (Lipinski definition) is 7. The van der Waals surface area contributed by atoms with Gasteiger partial charge in [0.1, 0.15) is 16.6 Å². The number of carbonyl (C=O) groups excluding carboxylic acids is 1. The van der Waals surface area contributed by atoms with E-state index >= 15 is 0 Å². The number of rotatable bonds is 5. The fourth-order valence-electron chi connectivity index (χ4n) is 3.86. The van der Waals surface area contributed by atoms with Crippen molar-refractivity contribution in [3.63, 3.8) is 0 Å². The summed E-state index contributed by atoms with van der Waals surface area (Å²) in [7, 11) is 1.61. The number of benzene rings is 2. The van der Waals surface area contributed by atoms with Crippen molar-refractivity contribution in [2.24, 2.45) is 0 Å². The van der Waals surface area contributed by atoms with Crippen LogP contribution in [0, 0.1) is 5.82 Å². The number of urea groups is 1. The maximum atomic E-state index is 13.1. The molecule has 35 heavy (non-hydrogen) atoms. The second-order valence-corrected chi connectivity index (χ2v) is 9.07. The standard InChI is InChI=1S/C24H23FN6O3S/c1-34-20-8-2-16(3-9-20)22-28-31-21(32)14-19(27-24(31)35-22)15-29-10-12-30(13-11-29)23(33)26-18-6-4-17(25)5-7-18/h2-9,14H,10-13,15H2,1H3,(H,26,33). The Bertz CT molecular complexity index is 1400. The Balaban J connectivity index is 1.22. The number of amides is 2. The van der Waals surface area contributed by atoms with Crippen LogP contribution in [0.4, 0.5) is 14.9 Å². The molecule has 2 aromatic carbocycles. The van der Waals surface area contributed by atoms with Crippen molar-refractivity contribution in [2.45, 2.75) is 6.54 Å². The Morgan fingerprint density at radius 1 is 1.09 bits per heavy atom. The topological polar surface area (TPSA) is 92.1 Å². The highest BCUT2D eigenvalue weighted by Crippen LogP contribution is 2.26. The quantitative estimate of drug-likeness (QED) is 0.458. The van der Waals surface area contributed by atoms with Crippen LogP contribution in [0.5, 0.6) is 5.75 Å². The Morgan fingerprint density at radius 3 is 2.49 bits per heavy atom. The second-order valence-electron chi connectivity index (χ2n) is 8.12. The monoisotopic (exact) mass is 494 g/mol. The number of nitrogens with zero attached hydrogens (tertiary/aromatic N) is 5. The summed E-state index contributed by atoms with van der Waals surface area (Å²) >= 11 is 1.36. The van der Waals surface area contributed by atoms with Crippen molar-refractivity contribution in [2.75, 3.05) is 38.6 Å². The lowest BCUT2D eigenvalue weighted by Crippen LogP contribution is -2.49. The number of hydrogen-bond donors (Lipinski definition) is 1. The summed E-state index contributed by atoms with van der Waals surface area (Å²) in [5.74, 6) is 0.402. The first-order valence-corrected chi connectivity index (χ1v) is 11.9. The zero-order valence-electron chi connectivity index (χ0n) is 19.0. The molecule has 1 fully saturated rings. The molecule has 0 atom stereocenters. The number of halogens is 1. The highest BCUT2D eigenvalue weighted by molar-refractivity contribution is 7.19. The molecule has 3 heterocycles. The van der Waals surface area contributed by atoms with E-state index in [1.165, 1.54) is 46.2 Å². The van der Waals surface area contributed by atoms with E-state index in [9.17, 15) is 14.0 Å². The summed E-state index contributed by atoms with van der Waals surface area (Å²) in [5.41, 5.74) is 1.88. The summed E-state index contributed by atoms with van der Waals surface area (Å²) in [6.45, 7) is 2.89. The van der Waals surface area contributed by atoms with E-state index in [1.807, 2.05) is 24.3 Å². The fourth-order valence-corrected chi connectivity index (χ4v) is 4.79. The molecule has 11 heteroatoms. The van der Waals surface area contributed by atoms with Gasteiger partial charge >= 0.3 is 6.03 Å². The predicted octanol–water partition coefficient (Wildman–Crippen LogP) is 3.32. The maximum Gasteiger partial charge on any atom is 0.321 e. The van der Waals surface area contributed by atoms with Gasteiger partial charge < -0.3 is 15.0 Å². The highest BCUT2D eigenvalue weighted by atomic mass is 32.1. The summed E-state index contributed by atoms with van der Waals surface area (Å²) < 4.78 is 19.6. The Hall–Kier alpha value is -3.83. The van der Waals surface area contributed by atoms with Gasteiger partial charge in [-0.15, -0.1) is 0 Å². The molecule has 2 aromatic heterocycles. The molecule has 0 spiro atoms. The van der Waals surface area contributed by atoms with E-state index < -0.39 is 0 Å². The van der Waals surface area contributed by atoms with Gasteiger partial charge in [0.25, 0.3) is 5.56 Å². The Labute approximate surface area is 204 Å². The largest absolute Gasteiger partial charge is 0.497 e. The molecule has 180 valence electrons. The predicted molar refractivity (Wildman–Crippen MR) is 131 cm³/mol. The number of carbonyl (C=O) groups is 1. The summed E-state index contributed by atoms with van der Waals surface area (Å²) in [6.07, 6.45) is 0. The van der Waals surface area contributed by atoms with E-state index in [4.69, 9.17) is 4.74 Å². The molecule has 1 aliphatic heterocycles. The first kappa shape index (κ1) is 22.9. The summed E-state index contributed by atoms with van der Waals surface area (Å²) in [6, 6.07) is 14.5. The van der Waals surface area contributed by atoms with Gasteiger partial charge in [0.2, 0.25) is 4.96 Å². The molecule has 4 aromatic rings. The third-order valence-corrected chi connectivity index (χ3v) is 6.73. The number of ether oxygens (including phenoxy) is 1. The van der Waals surface area contributed by atoms with Gasteiger partial charge in [-0.2, -0.15) is 9.61 Å². The van der Waals surface area contributed by atoms with Crippen molar-refractivity contribution < 1.29 is 13.9 Å². The maximum absolute atomic E-state index is 13.1. The molecule has 2 amide bonds. The number of piperazine rings is 1. The van der Waals surface area contributed by atoms with Crippen molar-refractivity contribution in [3.8, 4) is 16.3 Å². The molecule has 0 unspecified atom stereocenters. The number of aromatic nitrogens is 3. The smallest absolute Gasteiger partial charge is 0.321 e. The van der Waals surface area contributed by atoms with Crippen LogP contribution in [0.25, 0.3) is 15.5 Å². The van der Waals surface area contributed by atoms with Crippen LogP contribution < -0.4 is 15.6 Å². The third-order valence-electron chi connectivity index (χ3n) is 5.78. The molecule has 1 saturated heterocycles. The van der Waals surface area contributed by atoms with Crippen LogP contribution in [0.2, 0.25) is 0 Å². The number of fused-ring (bicyclic) bond motifs is 1. The van der Waals surface area contributed by atoms with Gasteiger partial charge in [0.15, 0.2) is 0 Å². The Kier molecular flexibility index (Phi) is 6.43. The van der Waals surface area contributed by atoms with Gasteiger partial charge in [0.05, 0.1) is 12.8 Å². The average molecular weight is 495 g/mol. The molecule has 9 nitrogen and oxygen atoms in total. The zero-order chi connectivity index (χ0) is 24.4. The molecule has 5 rings (SSSR count). The SMILES string of the molecule is COc1ccc(-c2nn3c(=O)cc(CN4CCN(C(=O)Nc5ccc(F)cc5)CC4)nc3s2)cc1. The highest BCUT2D eigenvalue weighted by Gasteiger charge is 2.22. The first-order chi connectivity index (χ1) is 17.0. The molecule has 0 radical (unpaired) electrons. The average Bonchev–Trinajstić information content (AvgIpc) is 3.31. The summed E-state index contributed by atoms with van der Waals surface area (Å²) in [4.78, 5) is 34.2. The lowest BCUT2D eigenvalue weighted by atomic mass is 10.2. The van der Waals surface area contributed by atoms with E-state index in [0.717, 1.165) is 11.3 Å². The van der Waals surface area contributed by atoms with Crippen LogP contribution in [0.3, 0.4) is 0 Å². The number of anilines is 1. The molecule has 1 N–H and O–H groups in total. The van der Waals surface area contributed by atoms with Gasteiger partial charge in [-0.3, -0.25) is 9.69 Å². The van der Waals surface area contributed by atoms with Crippen LogP contribution in [-0.4, -0.2) is 63.7 Å². The number of nitrogens with one attached hydrogen (secondary N) is 1. The molecular weight excluding hydrogens is 471 g/mol. The molecule has 0 aliphatic carbocycles. The lowest BCUT2D eigenvalue weighted by molar-refractivity contribution is 0.142. The number of methoxy groups -OCH3 is 1. The first-order valence-electron chi connectivity index (χ1n) is 11.1. The second kappa shape index (κ2) is 9.80. The molecule has 0 bridgehead atoms.